The van der Waals surface area contributed by atoms with Crippen LogP contribution in [-0.4, -0.2) is 17.7 Å². The highest BCUT2D eigenvalue weighted by molar-refractivity contribution is 7.14. The van der Waals surface area contributed by atoms with Gasteiger partial charge in [0.1, 0.15) is 10.8 Å². The Bertz CT molecular complexity index is 900. The lowest BCUT2D eigenvalue weighted by atomic mass is 10.1. The number of carbonyl (C=O) groups is 1. The summed E-state index contributed by atoms with van der Waals surface area (Å²) in [5.74, 6) is 0.704. The molecule has 1 atom stereocenters. The van der Waals surface area contributed by atoms with E-state index < -0.39 is 0 Å². The summed E-state index contributed by atoms with van der Waals surface area (Å²) in [6.45, 7) is 6.22. The van der Waals surface area contributed by atoms with Crippen LogP contribution in [0.25, 0.3) is 5.00 Å². The minimum atomic E-state index is -0.243. The lowest BCUT2D eigenvalue weighted by molar-refractivity contribution is 0.249. The Balaban J connectivity index is 1.77. The Morgan fingerprint density at radius 2 is 1.92 bits per heavy atom. The number of amides is 2. The van der Waals surface area contributed by atoms with Gasteiger partial charge in [-0.2, -0.15) is 0 Å². The third-order valence-electron chi connectivity index (χ3n) is 4.36. The summed E-state index contributed by atoms with van der Waals surface area (Å²) in [7, 11) is 1.60. The number of anilines is 1. The Hall–Kier alpha value is -2.73. The van der Waals surface area contributed by atoms with E-state index in [1.165, 1.54) is 10.4 Å². The van der Waals surface area contributed by atoms with Crippen LogP contribution < -0.4 is 15.4 Å². The van der Waals surface area contributed by atoms with Crippen LogP contribution in [0.5, 0.6) is 5.75 Å². The fraction of sp³-hybridized carbons (Fsp3) is 0.250. The maximum absolute atomic E-state index is 12.4. The molecule has 0 aliphatic heterocycles. The van der Waals surface area contributed by atoms with E-state index in [1.807, 2.05) is 49.6 Å². The molecular formula is C20H23N3O2S. The molecule has 5 nitrogen and oxygen atoms in total. The summed E-state index contributed by atoms with van der Waals surface area (Å²) in [5, 5.41) is 7.04. The number of thiophene rings is 1. The van der Waals surface area contributed by atoms with Crippen molar-refractivity contribution in [3.05, 3.63) is 64.8 Å². The summed E-state index contributed by atoms with van der Waals surface area (Å²) in [4.78, 5) is 13.7. The van der Waals surface area contributed by atoms with Crippen molar-refractivity contribution in [1.82, 2.24) is 9.88 Å². The molecule has 6 heteroatoms. The van der Waals surface area contributed by atoms with Crippen LogP contribution in [0.2, 0.25) is 0 Å². The standard InChI is InChI=1S/C20H23N3O2S/c1-13-15(3)26-19(23-10-5-6-11-23)18(13)14(2)21-20(24)22-16-8-7-9-17(12-16)25-4/h5-12,14H,1-4H3,(H2,21,22,24)/t14-/m0/s1. The van der Waals surface area contributed by atoms with Gasteiger partial charge in [0.15, 0.2) is 0 Å². The monoisotopic (exact) mass is 369 g/mol. The van der Waals surface area contributed by atoms with Gasteiger partial charge < -0.3 is 19.9 Å². The number of aromatic nitrogens is 1. The van der Waals surface area contributed by atoms with Gasteiger partial charge in [-0.3, -0.25) is 0 Å². The molecule has 0 bridgehead atoms. The van der Waals surface area contributed by atoms with Crippen LogP contribution in [0.4, 0.5) is 10.5 Å². The quantitative estimate of drug-likeness (QED) is 0.661. The van der Waals surface area contributed by atoms with E-state index in [4.69, 9.17) is 4.74 Å². The smallest absolute Gasteiger partial charge is 0.319 e. The van der Waals surface area contributed by atoms with Gasteiger partial charge in [-0.15, -0.1) is 11.3 Å². The summed E-state index contributed by atoms with van der Waals surface area (Å²) in [6.07, 6.45) is 4.05. The van der Waals surface area contributed by atoms with E-state index in [9.17, 15) is 4.79 Å². The Kier molecular flexibility index (Phi) is 5.32. The zero-order valence-electron chi connectivity index (χ0n) is 15.4. The van der Waals surface area contributed by atoms with Gasteiger partial charge in [0.2, 0.25) is 0 Å². The molecule has 2 heterocycles. The van der Waals surface area contributed by atoms with Crippen molar-refractivity contribution >= 4 is 23.1 Å². The predicted molar refractivity (Wildman–Crippen MR) is 107 cm³/mol. The maximum atomic E-state index is 12.4. The second-order valence-electron chi connectivity index (χ2n) is 6.14. The van der Waals surface area contributed by atoms with E-state index in [0.29, 0.717) is 11.4 Å². The molecule has 136 valence electrons. The van der Waals surface area contributed by atoms with Crippen molar-refractivity contribution in [3.8, 4) is 10.8 Å². The van der Waals surface area contributed by atoms with Gasteiger partial charge in [0.05, 0.1) is 13.2 Å². The molecule has 0 unspecified atom stereocenters. The number of nitrogens with one attached hydrogen (secondary N) is 2. The van der Waals surface area contributed by atoms with Gasteiger partial charge in [0.25, 0.3) is 0 Å². The molecule has 3 aromatic rings. The molecule has 3 rings (SSSR count). The minimum Gasteiger partial charge on any atom is -0.497 e. The first-order valence-electron chi connectivity index (χ1n) is 8.44. The summed E-state index contributed by atoms with van der Waals surface area (Å²) < 4.78 is 7.28. The molecule has 0 aliphatic rings. The molecule has 0 spiro atoms. The normalized spacial score (nSPS) is 11.8. The van der Waals surface area contributed by atoms with E-state index >= 15 is 0 Å². The molecule has 0 aliphatic carbocycles. The number of aryl methyl sites for hydroxylation is 1. The summed E-state index contributed by atoms with van der Waals surface area (Å²) >= 11 is 1.74. The highest BCUT2D eigenvalue weighted by Crippen LogP contribution is 2.35. The molecule has 0 fully saturated rings. The molecule has 26 heavy (non-hydrogen) atoms. The predicted octanol–water partition coefficient (Wildman–Crippen LogP) is 5.05. The minimum absolute atomic E-state index is 0.122. The molecule has 1 aromatic carbocycles. The van der Waals surface area contributed by atoms with Crippen molar-refractivity contribution in [2.24, 2.45) is 0 Å². The average Bonchev–Trinajstić information content (AvgIpc) is 3.24. The highest BCUT2D eigenvalue weighted by Gasteiger charge is 2.20. The van der Waals surface area contributed by atoms with Gasteiger partial charge in [-0.05, 0) is 50.6 Å². The zero-order valence-corrected chi connectivity index (χ0v) is 16.2. The molecule has 0 saturated carbocycles. The van der Waals surface area contributed by atoms with Gasteiger partial charge in [-0.1, -0.05) is 6.07 Å². The number of urea groups is 1. The number of methoxy groups -OCH3 is 1. The van der Waals surface area contributed by atoms with Crippen molar-refractivity contribution in [2.75, 3.05) is 12.4 Å². The number of carbonyl (C=O) groups excluding carboxylic acids is 1. The van der Waals surface area contributed by atoms with Crippen LogP contribution in [-0.2, 0) is 0 Å². The first-order chi connectivity index (χ1) is 12.5. The molecule has 2 N–H and O–H groups in total. The first-order valence-corrected chi connectivity index (χ1v) is 9.26. The summed E-state index contributed by atoms with van der Waals surface area (Å²) in [6, 6.07) is 10.9. The summed E-state index contributed by atoms with van der Waals surface area (Å²) in [5.41, 5.74) is 3.05. The molecule has 0 saturated heterocycles. The highest BCUT2D eigenvalue weighted by atomic mass is 32.1. The van der Waals surface area contributed by atoms with Gasteiger partial charge >= 0.3 is 6.03 Å². The van der Waals surface area contributed by atoms with Crippen molar-refractivity contribution in [2.45, 2.75) is 26.8 Å². The van der Waals surface area contributed by atoms with Crippen LogP contribution in [0.3, 0.4) is 0 Å². The van der Waals surface area contributed by atoms with E-state index in [-0.39, 0.29) is 12.1 Å². The van der Waals surface area contributed by atoms with Gasteiger partial charge in [-0.25, -0.2) is 4.79 Å². The van der Waals surface area contributed by atoms with Crippen LogP contribution in [0.1, 0.15) is 29.0 Å². The molecule has 0 radical (unpaired) electrons. The molecular weight excluding hydrogens is 346 g/mol. The Labute approximate surface area is 157 Å². The number of ether oxygens (including phenoxy) is 1. The number of hydrogen-bond acceptors (Lipinski definition) is 3. The zero-order chi connectivity index (χ0) is 18.7. The molecule has 2 amide bonds. The fourth-order valence-corrected chi connectivity index (χ4v) is 4.16. The number of benzene rings is 1. The lowest BCUT2D eigenvalue weighted by Crippen LogP contribution is -2.31. The third-order valence-corrected chi connectivity index (χ3v) is 5.60. The first kappa shape index (κ1) is 18.1. The second-order valence-corrected chi connectivity index (χ2v) is 7.35. The Morgan fingerprint density at radius 3 is 2.62 bits per heavy atom. The number of hydrogen-bond donors (Lipinski definition) is 2. The van der Waals surface area contributed by atoms with Crippen LogP contribution in [0.15, 0.2) is 48.8 Å². The SMILES string of the molecule is COc1cccc(NC(=O)N[C@@H](C)c2c(-n3cccc3)sc(C)c2C)c1. The largest absolute Gasteiger partial charge is 0.497 e. The van der Waals surface area contributed by atoms with Crippen molar-refractivity contribution in [3.63, 3.8) is 0 Å². The van der Waals surface area contributed by atoms with Crippen LogP contribution in [0, 0.1) is 13.8 Å². The van der Waals surface area contributed by atoms with E-state index in [1.54, 1.807) is 24.5 Å². The van der Waals surface area contributed by atoms with Crippen molar-refractivity contribution in [1.29, 1.82) is 0 Å². The lowest BCUT2D eigenvalue weighted by Gasteiger charge is -2.17. The maximum Gasteiger partial charge on any atom is 0.319 e. The second kappa shape index (κ2) is 7.66. The topological polar surface area (TPSA) is 55.3 Å². The van der Waals surface area contributed by atoms with Crippen molar-refractivity contribution < 1.29 is 9.53 Å². The Morgan fingerprint density at radius 1 is 1.19 bits per heavy atom. The number of rotatable bonds is 5. The van der Waals surface area contributed by atoms with Crippen LogP contribution >= 0.6 is 11.3 Å². The van der Waals surface area contributed by atoms with E-state index in [2.05, 4.69) is 29.0 Å². The third kappa shape index (κ3) is 3.75. The van der Waals surface area contributed by atoms with E-state index in [0.717, 1.165) is 10.6 Å². The fourth-order valence-electron chi connectivity index (χ4n) is 2.94. The molecule has 2 aromatic heterocycles. The average molecular weight is 369 g/mol. The van der Waals surface area contributed by atoms with Gasteiger partial charge in [0, 0.05) is 34.6 Å². The number of nitrogens with zero attached hydrogens (tertiary/aromatic N) is 1.